The van der Waals surface area contributed by atoms with Crippen LogP contribution in [0.25, 0.3) is 11.0 Å². The Kier molecular flexibility index (Phi) is 3.73. The Labute approximate surface area is 122 Å². The molecule has 0 spiro atoms. The Morgan fingerprint density at radius 2 is 1.76 bits per heavy atom. The number of hydrogen-bond donors (Lipinski definition) is 0. The largest absolute Gasteiger partial charge is 0.497 e. The SMILES string of the molecule is COc1ccc(CCc2cc(=O)c3ccccc3o2)cc1. The van der Waals surface area contributed by atoms with E-state index in [4.69, 9.17) is 9.15 Å². The fourth-order valence-corrected chi connectivity index (χ4v) is 2.34. The van der Waals surface area contributed by atoms with E-state index in [1.165, 1.54) is 5.56 Å². The van der Waals surface area contributed by atoms with Crippen LogP contribution in [0.1, 0.15) is 11.3 Å². The summed E-state index contributed by atoms with van der Waals surface area (Å²) in [6.45, 7) is 0. The molecule has 0 fully saturated rings. The molecule has 0 aliphatic heterocycles. The van der Waals surface area contributed by atoms with E-state index in [1.807, 2.05) is 42.5 Å². The third kappa shape index (κ3) is 2.97. The summed E-state index contributed by atoms with van der Waals surface area (Å²) >= 11 is 0. The lowest BCUT2D eigenvalue weighted by Gasteiger charge is -2.04. The minimum Gasteiger partial charge on any atom is -0.497 e. The Balaban J connectivity index is 1.80. The molecule has 3 nitrogen and oxygen atoms in total. The molecule has 0 saturated carbocycles. The predicted molar refractivity (Wildman–Crippen MR) is 82.9 cm³/mol. The van der Waals surface area contributed by atoms with Gasteiger partial charge in [0.15, 0.2) is 5.43 Å². The molecule has 0 aliphatic carbocycles. The molecule has 2 aromatic carbocycles. The van der Waals surface area contributed by atoms with Gasteiger partial charge in [-0.15, -0.1) is 0 Å². The summed E-state index contributed by atoms with van der Waals surface area (Å²) < 4.78 is 10.9. The average Bonchev–Trinajstić information content (AvgIpc) is 2.53. The van der Waals surface area contributed by atoms with Crippen LogP contribution in [0.4, 0.5) is 0 Å². The summed E-state index contributed by atoms with van der Waals surface area (Å²) in [6.07, 6.45) is 1.53. The van der Waals surface area contributed by atoms with E-state index in [0.29, 0.717) is 17.4 Å². The van der Waals surface area contributed by atoms with Crippen LogP contribution < -0.4 is 10.2 Å². The second-order valence-corrected chi connectivity index (χ2v) is 4.92. The zero-order valence-electron chi connectivity index (χ0n) is 11.8. The summed E-state index contributed by atoms with van der Waals surface area (Å²) in [4.78, 5) is 12.0. The van der Waals surface area contributed by atoms with Gasteiger partial charge in [-0.2, -0.15) is 0 Å². The number of rotatable bonds is 4. The summed E-state index contributed by atoms with van der Waals surface area (Å²) in [6, 6.07) is 16.8. The minimum atomic E-state index is 0.0154. The molecule has 3 heteroatoms. The number of methoxy groups -OCH3 is 1. The van der Waals surface area contributed by atoms with Crippen LogP contribution >= 0.6 is 0 Å². The first-order valence-corrected chi connectivity index (χ1v) is 6.91. The van der Waals surface area contributed by atoms with Gasteiger partial charge in [0.1, 0.15) is 17.1 Å². The number of aryl methyl sites for hydroxylation is 2. The zero-order chi connectivity index (χ0) is 14.7. The Morgan fingerprint density at radius 3 is 2.52 bits per heavy atom. The normalized spacial score (nSPS) is 10.7. The van der Waals surface area contributed by atoms with Gasteiger partial charge < -0.3 is 9.15 Å². The summed E-state index contributed by atoms with van der Waals surface area (Å²) in [5.74, 6) is 1.56. The van der Waals surface area contributed by atoms with Crippen LogP contribution in [-0.4, -0.2) is 7.11 Å². The monoisotopic (exact) mass is 280 g/mol. The molecule has 3 aromatic rings. The van der Waals surface area contributed by atoms with E-state index in [9.17, 15) is 4.79 Å². The summed E-state index contributed by atoms with van der Waals surface area (Å²) in [7, 11) is 1.65. The lowest BCUT2D eigenvalue weighted by Crippen LogP contribution is -2.03. The van der Waals surface area contributed by atoms with Crippen molar-refractivity contribution in [3.05, 3.63) is 76.1 Å². The van der Waals surface area contributed by atoms with Crippen molar-refractivity contribution < 1.29 is 9.15 Å². The lowest BCUT2D eigenvalue weighted by atomic mass is 10.1. The van der Waals surface area contributed by atoms with Crippen LogP contribution in [0.5, 0.6) is 5.75 Å². The highest BCUT2D eigenvalue weighted by atomic mass is 16.5. The van der Waals surface area contributed by atoms with Crippen LogP contribution in [-0.2, 0) is 12.8 Å². The van der Waals surface area contributed by atoms with Crippen molar-refractivity contribution >= 4 is 11.0 Å². The van der Waals surface area contributed by atoms with Crippen molar-refractivity contribution in [1.82, 2.24) is 0 Å². The molecule has 0 atom stereocenters. The Bertz CT molecular complexity index is 801. The molecule has 0 N–H and O–H groups in total. The van der Waals surface area contributed by atoms with Crippen LogP contribution in [0, 0.1) is 0 Å². The number of hydrogen-bond acceptors (Lipinski definition) is 3. The number of fused-ring (bicyclic) bond motifs is 1. The number of para-hydroxylation sites is 1. The maximum Gasteiger partial charge on any atom is 0.192 e. The Hall–Kier alpha value is -2.55. The third-order valence-electron chi connectivity index (χ3n) is 3.50. The molecule has 0 aliphatic rings. The van der Waals surface area contributed by atoms with Crippen LogP contribution in [0.3, 0.4) is 0 Å². The molecule has 3 rings (SSSR count). The third-order valence-corrected chi connectivity index (χ3v) is 3.50. The smallest absolute Gasteiger partial charge is 0.192 e. The van der Waals surface area contributed by atoms with Crippen molar-refractivity contribution in [2.75, 3.05) is 7.11 Å². The second-order valence-electron chi connectivity index (χ2n) is 4.92. The van der Waals surface area contributed by atoms with Gasteiger partial charge in [-0.3, -0.25) is 4.79 Å². The van der Waals surface area contributed by atoms with Gasteiger partial charge in [0.05, 0.1) is 12.5 Å². The van der Waals surface area contributed by atoms with Crippen molar-refractivity contribution in [3.63, 3.8) is 0 Å². The number of benzene rings is 2. The topological polar surface area (TPSA) is 39.4 Å². The standard InChI is InChI=1S/C18H16O3/c1-20-14-9-6-13(7-10-14)8-11-15-12-17(19)16-4-2-3-5-18(16)21-15/h2-7,9-10,12H,8,11H2,1H3. The van der Waals surface area contributed by atoms with Crippen LogP contribution in [0.2, 0.25) is 0 Å². The highest BCUT2D eigenvalue weighted by molar-refractivity contribution is 5.76. The molecular formula is C18H16O3. The van der Waals surface area contributed by atoms with Crippen molar-refractivity contribution in [1.29, 1.82) is 0 Å². The maximum absolute atomic E-state index is 12.0. The fraction of sp³-hybridized carbons (Fsp3) is 0.167. The lowest BCUT2D eigenvalue weighted by molar-refractivity contribution is 0.414. The molecule has 0 saturated heterocycles. The number of ether oxygens (including phenoxy) is 1. The fourth-order valence-electron chi connectivity index (χ4n) is 2.34. The second kappa shape index (κ2) is 5.83. The molecule has 1 heterocycles. The molecule has 21 heavy (non-hydrogen) atoms. The summed E-state index contributed by atoms with van der Waals surface area (Å²) in [5.41, 5.74) is 1.85. The molecule has 0 unspecified atom stereocenters. The predicted octanol–water partition coefficient (Wildman–Crippen LogP) is 3.59. The molecule has 106 valence electrons. The summed E-state index contributed by atoms with van der Waals surface area (Å²) in [5, 5.41) is 0.630. The van der Waals surface area contributed by atoms with Gasteiger partial charge in [0, 0.05) is 12.5 Å². The van der Waals surface area contributed by atoms with Crippen LogP contribution in [0.15, 0.2) is 63.8 Å². The first-order valence-electron chi connectivity index (χ1n) is 6.91. The van der Waals surface area contributed by atoms with Gasteiger partial charge in [-0.25, -0.2) is 0 Å². The molecule has 0 radical (unpaired) electrons. The zero-order valence-corrected chi connectivity index (χ0v) is 11.8. The molecule has 0 bridgehead atoms. The van der Waals surface area contributed by atoms with E-state index in [0.717, 1.165) is 17.9 Å². The van der Waals surface area contributed by atoms with Gasteiger partial charge in [0.25, 0.3) is 0 Å². The van der Waals surface area contributed by atoms with E-state index in [2.05, 4.69) is 0 Å². The first kappa shape index (κ1) is 13.4. The van der Waals surface area contributed by atoms with Crippen molar-refractivity contribution in [3.8, 4) is 5.75 Å². The van der Waals surface area contributed by atoms with Gasteiger partial charge in [-0.05, 0) is 36.2 Å². The van der Waals surface area contributed by atoms with Gasteiger partial charge in [0.2, 0.25) is 0 Å². The van der Waals surface area contributed by atoms with E-state index >= 15 is 0 Å². The van der Waals surface area contributed by atoms with E-state index in [1.54, 1.807) is 19.2 Å². The molecular weight excluding hydrogens is 264 g/mol. The average molecular weight is 280 g/mol. The van der Waals surface area contributed by atoms with Crippen molar-refractivity contribution in [2.24, 2.45) is 0 Å². The maximum atomic E-state index is 12.0. The van der Waals surface area contributed by atoms with Gasteiger partial charge in [-0.1, -0.05) is 24.3 Å². The van der Waals surface area contributed by atoms with E-state index < -0.39 is 0 Å². The van der Waals surface area contributed by atoms with Gasteiger partial charge >= 0.3 is 0 Å². The Morgan fingerprint density at radius 1 is 1.00 bits per heavy atom. The van der Waals surface area contributed by atoms with Crippen molar-refractivity contribution in [2.45, 2.75) is 12.8 Å². The first-order chi connectivity index (χ1) is 10.3. The highest BCUT2D eigenvalue weighted by Crippen LogP contribution is 2.15. The highest BCUT2D eigenvalue weighted by Gasteiger charge is 2.04. The minimum absolute atomic E-state index is 0.0154. The van der Waals surface area contributed by atoms with E-state index in [-0.39, 0.29) is 5.43 Å². The molecule has 0 amide bonds. The molecule has 1 aromatic heterocycles. The quantitative estimate of drug-likeness (QED) is 0.733.